The SMILES string of the molecule is CSN=CC=N. The average Bonchev–Trinajstić information content (AvgIpc) is 1.61. The molecule has 6 heavy (non-hydrogen) atoms. The summed E-state index contributed by atoms with van der Waals surface area (Å²) in [6.45, 7) is 0. The highest BCUT2D eigenvalue weighted by molar-refractivity contribution is 7.97. The molecule has 0 atom stereocenters. The summed E-state index contributed by atoms with van der Waals surface area (Å²) in [6, 6.07) is 0. The average molecular weight is 102 g/mol. The van der Waals surface area contributed by atoms with Gasteiger partial charge < -0.3 is 5.41 Å². The molecule has 0 saturated heterocycles. The Kier molecular flexibility index (Phi) is 4.45. The van der Waals surface area contributed by atoms with Crippen LogP contribution in [0.2, 0.25) is 0 Å². The van der Waals surface area contributed by atoms with E-state index in [1.165, 1.54) is 18.2 Å². The first kappa shape index (κ1) is 5.69. The van der Waals surface area contributed by atoms with Gasteiger partial charge in [-0.1, -0.05) is 0 Å². The van der Waals surface area contributed by atoms with E-state index in [-0.39, 0.29) is 0 Å². The van der Waals surface area contributed by atoms with E-state index < -0.39 is 0 Å². The third kappa shape index (κ3) is 3.69. The summed E-state index contributed by atoms with van der Waals surface area (Å²) < 4.78 is 3.64. The molecule has 3 heteroatoms. The molecule has 0 aliphatic heterocycles. The number of rotatable bonds is 2. The predicted molar refractivity (Wildman–Crippen MR) is 30.8 cm³/mol. The van der Waals surface area contributed by atoms with Crippen molar-refractivity contribution in [2.45, 2.75) is 0 Å². The van der Waals surface area contributed by atoms with E-state index in [9.17, 15) is 0 Å². The topological polar surface area (TPSA) is 36.2 Å². The van der Waals surface area contributed by atoms with Crippen molar-refractivity contribution in [2.75, 3.05) is 6.26 Å². The lowest BCUT2D eigenvalue weighted by Crippen LogP contribution is -1.64. The van der Waals surface area contributed by atoms with Crippen LogP contribution in [0.4, 0.5) is 0 Å². The highest BCUT2D eigenvalue weighted by Gasteiger charge is 1.56. The van der Waals surface area contributed by atoms with Gasteiger partial charge in [-0.15, -0.1) is 0 Å². The van der Waals surface area contributed by atoms with Crippen molar-refractivity contribution in [1.82, 2.24) is 0 Å². The number of nitrogens with one attached hydrogen (secondary N) is 1. The second-order valence-corrected chi connectivity index (χ2v) is 1.18. The number of hydrogen-bond donors (Lipinski definition) is 1. The molecule has 0 aliphatic carbocycles. The van der Waals surface area contributed by atoms with Crippen molar-refractivity contribution in [2.24, 2.45) is 4.40 Å². The third-order valence-electron chi connectivity index (χ3n) is 0.241. The van der Waals surface area contributed by atoms with Crippen molar-refractivity contribution < 1.29 is 0 Å². The van der Waals surface area contributed by atoms with E-state index in [0.29, 0.717) is 0 Å². The minimum atomic E-state index is 1.15. The molecule has 0 radical (unpaired) electrons. The lowest BCUT2D eigenvalue weighted by Gasteiger charge is -1.68. The first-order chi connectivity index (χ1) is 2.91. The Morgan fingerprint density at radius 1 is 1.83 bits per heavy atom. The summed E-state index contributed by atoms with van der Waals surface area (Å²) in [6.07, 6.45) is 4.43. The Morgan fingerprint density at radius 3 is 2.67 bits per heavy atom. The number of nitrogens with zero attached hydrogens (tertiary/aromatic N) is 1. The number of hydrogen-bond acceptors (Lipinski definition) is 3. The minimum absolute atomic E-state index is 1.15. The van der Waals surface area contributed by atoms with Gasteiger partial charge in [0.25, 0.3) is 0 Å². The highest BCUT2D eigenvalue weighted by atomic mass is 32.2. The quantitative estimate of drug-likeness (QED) is 0.409. The van der Waals surface area contributed by atoms with Crippen molar-refractivity contribution in [3.8, 4) is 0 Å². The normalized spacial score (nSPS) is 9.50. The van der Waals surface area contributed by atoms with Gasteiger partial charge in [0.1, 0.15) is 0 Å². The van der Waals surface area contributed by atoms with E-state index in [0.717, 1.165) is 6.21 Å². The van der Waals surface area contributed by atoms with Crippen molar-refractivity contribution in [1.29, 1.82) is 5.41 Å². The molecule has 0 aromatic carbocycles. The molecule has 0 saturated carbocycles. The van der Waals surface area contributed by atoms with Crippen LogP contribution in [0.25, 0.3) is 0 Å². The smallest absolute Gasteiger partial charge is 0.0527 e. The van der Waals surface area contributed by atoms with Crippen LogP contribution in [-0.4, -0.2) is 18.7 Å². The summed E-state index contributed by atoms with van der Waals surface area (Å²) in [5.41, 5.74) is 0. The van der Waals surface area contributed by atoms with Crippen LogP contribution in [-0.2, 0) is 0 Å². The molecule has 0 unspecified atom stereocenters. The first-order valence-electron chi connectivity index (χ1n) is 1.47. The maximum absolute atomic E-state index is 6.42. The molecule has 2 nitrogen and oxygen atoms in total. The van der Waals surface area contributed by atoms with Gasteiger partial charge in [-0.05, 0) is 11.9 Å². The Morgan fingerprint density at radius 2 is 2.50 bits per heavy atom. The largest absolute Gasteiger partial charge is 0.307 e. The monoisotopic (exact) mass is 102 g/mol. The third-order valence-corrected chi connectivity index (χ3v) is 0.573. The summed E-state index contributed by atoms with van der Waals surface area (Å²) in [5.74, 6) is 0. The lowest BCUT2D eigenvalue weighted by atomic mass is 10.9. The Balaban J connectivity index is 2.94. The van der Waals surface area contributed by atoms with E-state index >= 15 is 0 Å². The van der Waals surface area contributed by atoms with Crippen LogP contribution in [0.3, 0.4) is 0 Å². The van der Waals surface area contributed by atoms with Gasteiger partial charge in [-0.2, -0.15) is 0 Å². The second kappa shape index (κ2) is 4.69. The Hall–Kier alpha value is -0.310. The summed E-state index contributed by atoms with van der Waals surface area (Å²) >= 11 is 1.34. The van der Waals surface area contributed by atoms with E-state index in [4.69, 9.17) is 5.41 Å². The van der Waals surface area contributed by atoms with E-state index in [1.54, 1.807) is 0 Å². The first-order valence-corrected chi connectivity index (χ1v) is 2.65. The van der Waals surface area contributed by atoms with Gasteiger partial charge >= 0.3 is 0 Å². The molecule has 0 bridgehead atoms. The molecule has 1 N–H and O–H groups in total. The zero-order valence-corrected chi connectivity index (χ0v) is 4.33. The Bertz CT molecular complexity index is 59.8. The van der Waals surface area contributed by atoms with Crippen LogP contribution < -0.4 is 0 Å². The van der Waals surface area contributed by atoms with Crippen LogP contribution in [0.15, 0.2) is 4.40 Å². The molecule has 0 spiro atoms. The molecular formula is C3H6N2S. The zero-order chi connectivity index (χ0) is 4.83. The predicted octanol–water partition coefficient (Wildman–Crippen LogP) is 0.985. The molecule has 34 valence electrons. The van der Waals surface area contributed by atoms with Crippen LogP contribution in [0, 0.1) is 5.41 Å². The second-order valence-electron chi connectivity index (χ2n) is 0.604. The van der Waals surface area contributed by atoms with Gasteiger partial charge in [0.05, 0.1) is 6.21 Å². The highest BCUT2D eigenvalue weighted by Crippen LogP contribution is 1.86. The maximum atomic E-state index is 6.42. The van der Waals surface area contributed by atoms with Crippen LogP contribution in [0.1, 0.15) is 0 Å². The molecule has 0 amide bonds. The molecule has 0 fully saturated rings. The maximum Gasteiger partial charge on any atom is 0.0527 e. The molecule has 0 aromatic rings. The molecule has 0 rings (SSSR count). The Labute approximate surface area is 41.3 Å². The summed E-state index contributed by atoms with van der Waals surface area (Å²) in [4.78, 5) is 0. The fourth-order valence-corrected chi connectivity index (χ4v) is 0.274. The molecule has 0 aliphatic rings. The van der Waals surface area contributed by atoms with E-state index in [2.05, 4.69) is 4.40 Å². The molecular weight excluding hydrogens is 96.1 g/mol. The fourth-order valence-electron chi connectivity index (χ4n) is 0.0913. The summed E-state index contributed by atoms with van der Waals surface area (Å²) in [7, 11) is 0. The van der Waals surface area contributed by atoms with Crippen LogP contribution >= 0.6 is 11.9 Å². The standard InChI is InChI=1S/C3H6N2S/c1-6-5-3-2-4/h2-4H,1H3. The van der Waals surface area contributed by atoms with Gasteiger partial charge in [0, 0.05) is 12.5 Å². The molecule has 0 aromatic heterocycles. The van der Waals surface area contributed by atoms with Gasteiger partial charge in [0.2, 0.25) is 0 Å². The van der Waals surface area contributed by atoms with Crippen molar-refractivity contribution in [3.05, 3.63) is 0 Å². The van der Waals surface area contributed by atoms with Crippen molar-refractivity contribution in [3.63, 3.8) is 0 Å². The summed E-state index contributed by atoms with van der Waals surface area (Å²) in [5, 5.41) is 6.42. The van der Waals surface area contributed by atoms with Crippen molar-refractivity contribution >= 4 is 24.4 Å². The van der Waals surface area contributed by atoms with E-state index in [1.807, 2.05) is 6.26 Å². The van der Waals surface area contributed by atoms with Gasteiger partial charge in [0.15, 0.2) is 0 Å². The lowest BCUT2D eigenvalue weighted by molar-refractivity contribution is 1.59. The zero-order valence-electron chi connectivity index (χ0n) is 3.51. The minimum Gasteiger partial charge on any atom is -0.307 e. The van der Waals surface area contributed by atoms with Gasteiger partial charge in [-0.25, -0.2) is 4.40 Å². The fraction of sp³-hybridized carbons (Fsp3) is 0.333. The molecule has 0 heterocycles. The van der Waals surface area contributed by atoms with Gasteiger partial charge in [-0.3, -0.25) is 0 Å². The van der Waals surface area contributed by atoms with Crippen LogP contribution in [0.5, 0.6) is 0 Å².